The van der Waals surface area contributed by atoms with Crippen LogP contribution in [0.2, 0.25) is 0 Å². The lowest BCUT2D eigenvalue weighted by atomic mass is 10.1. The Balaban J connectivity index is 1.92. The minimum absolute atomic E-state index is 0.153. The van der Waals surface area contributed by atoms with Crippen molar-refractivity contribution in [2.75, 3.05) is 13.2 Å². The van der Waals surface area contributed by atoms with Crippen LogP contribution in [0, 0.1) is 0 Å². The van der Waals surface area contributed by atoms with Crippen molar-refractivity contribution in [2.24, 2.45) is 0 Å². The molecule has 1 aromatic rings. The number of carbonyl (C=O) groups is 1. The van der Waals surface area contributed by atoms with Crippen molar-refractivity contribution in [1.82, 2.24) is 5.32 Å². The SMILES string of the molecule is CCCCCCCC/C=C/CCCCCCCC(=O)OC(CO)CNCc1ccccc1. The maximum atomic E-state index is 12.0. The van der Waals surface area contributed by atoms with Crippen molar-refractivity contribution in [3.05, 3.63) is 48.0 Å². The summed E-state index contributed by atoms with van der Waals surface area (Å²) in [6.45, 7) is 3.27. The maximum Gasteiger partial charge on any atom is 0.306 e. The molecule has 0 radical (unpaired) electrons. The number of nitrogens with one attached hydrogen (secondary N) is 1. The molecule has 0 saturated carbocycles. The molecule has 2 N–H and O–H groups in total. The Bertz CT molecular complexity index is 573. The van der Waals surface area contributed by atoms with Crippen LogP contribution in [0.4, 0.5) is 0 Å². The number of unbranched alkanes of at least 4 members (excludes halogenated alkanes) is 11. The van der Waals surface area contributed by atoms with E-state index in [9.17, 15) is 9.90 Å². The van der Waals surface area contributed by atoms with Gasteiger partial charge in [-0.05, 0) is 37.7 Å². The smallest absolute Gasteiger partial charge is 0.306 e. The second-order valence-corrected chi connectivity index (χ2v) is 8.75. The summed E-state index contributed by atoms with van der Waals surface area (Å²) in [5, 5.41) is 12.7. The summed E-state index contributed by atoms with van der Waals surface area (Å²) in [4.78, 5) is 12.0. The van der Waals surface area contributed by atoms with Gasteiger partial charge in [0.1, 0.15) is 6.10 Å². The molecule has 1 aromatic carbocycles. The fraction of sp³-hybridized carbons (Fsp3) is 0.679. The van der Waals surface area contributed by atoms with Crippen molar-refractivity contribution in [1.29, 1.82) is 0 Å². The number of hydrogen-bond donors (Lipinski definition) is 2. The van der Waals surface area contributed by atoms with E-state index in [2.05, 4.69) is 24.4 Å². The van der Waals surface area contributed by atoms with Crippen LogP contribution < -0.4 is 5.32 Å². The molecule has 1 unspecified atom stereocenters. The van der Waals surface area contributed by atoms with Crippen molar-refractivity contribution in [3.63, 3.8) is 0 Å². The van der Waals surface area contributed by atoms with Crippen LogP contribution in [-0.2, 0) is 16.1 Å². The molecule has 0 heterocycles. The second kappa shape index (κ2) is 21.2. The van der Waals surface area contributed by atoms with Gasteiger partial charge in [0, 0.05) is 19.5 Å². The quantitative estimate of drug-likeness (QED) is 0.125. The normalized spacial score (nSPS) is 12.3. The van der Waals surface area contributed by atoms with Crippen LogP contribution in [0.3, 0.4) is 0 Å². The third-order valence-electron chi connectivity index (χ3n) is 5.69. The van der Waals surface area contributed by atoms with Crippen molar-refractivity contribution >= 4 is 5.97 Å². The van der Waals surface area contributed by atoms with Crippen molar-refractivity contribution in [3.8, 4) is 0 Å². The molecule has 0 aliphatic heterocycles. The zero-order valence-corrected chi connectivity index (χ0v) is 20.4. The molecular weight excluding hydrogens is 398 g/mol. The first-order valence-corrected chi connectivity index (χ1v) is 13.0. The van der Waals surface area contributed by atoms with Crippen LogP contribution in [0.1, 0.15) is 102 Å². The van der Waals surface area contributed by atoms with Gasteiger partial charge in [-0.25, -0.2) is 0 Å². The highest BCUT2D eigenvalue weighted by molar-refractivity contribution is 5.69. The number of ether oxygens (including phenoxy) is 1. The standard InChI is InChI=1S/C28H47NO3/c1-2-3-4-5-6-7-8-9-10-11-12-13-14-15-19-22-28(31)32-27(25-30)24-29-23-26-20-17-16-18-21-26/h9-10,16-18,20-21,27,29-30H,2-8,11-15,19,22-25H2,1H3/b10-9+. The summed E-state index contributed by atoms with van der Waals surface area (Å²) in [6, 6.07) is 10.1. The number of aliphatic hydroxyl groups is 1. The number of rotatable bonds is 21. The molecule has 4 nitrogen and oxygen atoms in total. The average molecular weight is 446 g/mol. The molecule has 0 spiro atoms. The highest BCUT2D eigenvalue weighted by Crippen LogP contribution is 2.10. The van der Waals surface area contributed by atoms with Crippen LogP contribution in [-0.4, -0.2) is 30.3 Å². The molecule has 4 heteroatoms. The number of hydrogen-bond acceptors (Lipinski definition) is 4. The molecule has 0 aliphatic carbocycles. The van der Waals surface area contributed by atoms with Gasteiger partial charge in [-0.1, -0.05) is 101 Å². The van der Waals surface area contributed by atoms with Crippen LogP contribution in [0.25, 0.3) is 0 Å². The first kappa shape index (κ1) is 28.4. The second-order valence-electron chi connectivity index (χ2n) is 8.75. The van der Waals surface area contributed by atoms with Crippen LogP contribution >= 0.6 is 0 Å². The van der Waals surface area contributed by atoms with E-state index in [0.29, 0.717) is 19.5 Å². The van der Waals surface area contributed by atoms with Crippen LogP contribution in [0.15, 0.2) is 42.5 Å². The highest BCUT2D eigenvalue weighted by Gasteiger charge is 2.13. The number of allylic oxidation sites excluding steroid dienone is 2. The Hall–Kier alpha value is -1.65. The summed E-state index contributed by atoms with van der Waals surface area (Å²) >= 11 is 0. The summed E-state index contributed by atoms with van der Waals surface area (Å²) in [6.07, 6.45) is 20.8. The van der Waals surface area contributed by atoms with Gasteiger partial charge in [0.2, 0.25) is 0 Å². The Kier molecular flexibility index (Phi) is 18.8. The molecule has 182 valence electrons. The minimum atomic E-state index is -0.477. The van der Waals surface area contributed by atoms with Gasteiger partial charge in [-0.3, -0.25) is 4.79 Å². The van der Waals surface area contributed by atoms with Crippen LogP contribution in [0.5, 0.6) is 0 Å². The van der Waals surface area contributed by atoms with E-state index < -0.39 is 6.10 Å². The van der Waals surface area contributed by atoms with Crippen molar-refractivity contribution < 1.29 is 14.6 Å². The third kappa shape index (κ3) is 17.0. The van der Waals surface area contributed by atoms with Gasteiger partial charge in [-0.2, -0.15) is 0 Å². The number of benzene rings is 1. The van der Waals surface area contributed by atoms with E-state index >= 15 is 0 Å². The zero-order chi connectivity index (χ0) is 23.1. The van der Waals surface area contributed by atoms with E-state index in [1.165, 1.54) is 76.2 Å². The summed E-state index contributed by atoms with van der Waals surface area (Å²) < 4.78 is 5.40. The first-order valence-electron chi connectivity index (χ1n) is 13.0. The van der Waals surface area contributed by atoms with E-state index in [4.69, 9.17) is 4.74 Å². The topological polar surface area (TPSA) is 58.6 Å². The predicted octanol–water partition coefficient (Wildman–Crippen LogP) is 6.72. The Morgan fingerprint density at radius 3 is 2.12 bits per heavy atom. The van der Waals surface area contributed by atoms with Gasteiger partial charge in [0.25, 0.3) is 0 Å². The zero-order valence-electron chi connectivity index (χ0n) is 20.4. The molecule has 0 amide bonds. The number of esters is 1. The molecule has 0 aromatic heterocycles. The monoisotopic (exact) mass is 445 g/mol. The number of carbonyl (C=O) groups excluding carboxylic acids is 1. The van der Waals surface area contributed by atoms with E-state index in [-0.39, 0.29) is 12.6 Å². The largest absolute Gasteiger partial charge is 0.459 e. The van der Waals surface area contributed by atoms with Gasteiger partial charge < -0.3 is 15.2 Å². The molecule has 0 saturated heterocycles. The molecular formula is C28H47NO3. The Labute approximate surface area is 196 Å². The van der Waals surface area contributed by atoms with E-state index in [1.807, 2.05) is 30.3 Å². The van der Waals surface area contributed by atoms with Gasteiger partial charge in [0.15, 0.2) is 0 Å². The molecule has 1 atom stereocenters. The predicted molar refractivity (Wildman–Crippen MR) is 135 cm³/mol. The minimum Gasteiger partial charge on any atom is -0.459 e. The highest BCUT2D eigenvalue weighted by atomic mass is 16.6. The third-order valence-corrected chi connectivity index (χ3v) is 5.69. The molecule has 0 bridgehead atoms. The van der Waals surface area contributed by atoms with Gasteiger partial charge >= 0.3 is 5.97 Å². The summed E-state index contributed by atoms with van der Waals surface area (Å²) in [7, 11) is 0. The number of aliphatic hydroxyl groups excluding tert-OH is 1. The molecule has 0 aliphatic rings. The lowest BCUT2D eigenvalue weighted by Crippen LogP contribution is -2.33. The van der Waals surface area contributed by atoms with Gasteiger partial charge in [-0.15, -0.1) is 0 Å². The fourth-order valence-electron chi connectivity index (χ4n) is 3.70. The average Bonchev–Trinajstić information content (AvgIpc) is 2.81. The van der Waals surface area contributed by atoms with E-state index in [0.717, 1.165) is 12.8 Å². The molecule has 0 fully saturated rings. The Morgan fingerprint density at radius 1 is 0.906 bits per heavy atom. The van der Waals surface area contributed by atoms with Gasteiger partial charge in [0.05, 0.1) is 6.61 Å². The maximum absolute atomic E-state index is 12.0. The molecule has 1 rings (SSSR count). The fourth-order valence-corrected chi connectivity index (χ4v) is 3.70. The Morgan fingerprint density at radius 2 is 1.50 bits per heavy atom. The lowest BCUT2D eigenvalue weighted by Gasteiger charge is -2.16. The summed E-state index contributed by atoms with van der Waals surface area (Å²) in [5.74, 6) is -0.205. The summed E-state index contributed by atoms with van der Waals surface area (Å²) in [5.41, 5.74) is 1.17. The van der Waals surface area contributed by atoms with E-state index in [1.54, 1.807) is 0 Å². The van der Waals surface area contributed by atoms with Crippen molar-refractivity contribution in [2.45, 2.75) is 109 Å². The molecule has 32 heavy (non-hydrogen) atoms. The first-order chi connectivity index (χ1) is 15.8. The lowest BCUT2D eigenvalue weighted by molar-refractivity contribution is -0.151.